The maximum absolute atomic E-state index is 11.9. The van der Waals surface area contributed by atoms with Gasteiger partial charge in [-0.2, -0.15) is 0 Å². The lowest BCUT2D eigenvalue weighted by Crippen LogP contribution is -2.34. The van der Waals surface area contributed by atoms with Crippen molar-refractivity contribution in [1.82, 2.24) is 10.2 Å². The highest BCUT2D eigenvalue weighted by Crippen LogP contribution is 2.17. The van der Waals surface area contributed by atoms with E-state index in [4.69, 9.17) is 5.73 Å². The number of carbonyl (C=O) groups excluding carboxylic acids is 1. The molecule has 1 rings (SSSR count). The van der Waals surface area contributed by atoms with Crippen molar-refractivity contribution in [2.75, 3.05) is 31.9 Å². The van der Waals surface area contributed by atoms with Crippen LogP contribution in [0.2, 0.25) is 0 Å². The number of amides is 1. The normalized spacial score (nSPS) is 10.7. The Morgan fingerprint density at radius 2 is 2.00 bits per heavy atom. The minimum atomic E-state index is -0.0878. The van der Waals surface area contributed by atoms with E-state index in [1.165, 1.54) is 0 Å². The monoisotopic (exact) mass is 313 g/mol. The molecule has 100 valence electrons. The highest BCUT2D eigenvalue weighted by Gasteiger charge is 2.07. The summed E-state index contributed by atoms with van der Waals surface area (Å²) in [4.78, 5) is 14.2. The number of nitrogen functional groups attached to an aromatic ring is 1. The second-order valence-electron chi connectivity index (χ2n) is 4.06. The molecule has 0 aliphatic rings. The van der Waals surface area contributed by atoms with Gasteiger partial charge in [-0.3, -0.25) is 4.79 Å². The molecular formula is C13H20BrN3O. The summed E-state index contributed by atoms with van der Waals surface area (Å²) in [5, 5.41) is 2.90. The van der Waals surface area contributed by atoms with Crippen molar-refractivity contribution in [3.63, 3.8) is 0 Å². The van der Waals surface area contributed by atoms with Crippen LogP contribution in [0.1, 0.15) is 24.2 Å². The molecule has 0 atom stereocenters. The topological polar surface area (TPSA) is 58.4 Å². The summed E-state index contributed by atoms with van der Waals surface area (Å²) >= 11 is 3.33. The summed E-state index contributed by atoms with van der Waals surface area (Å²) in [6.07, 6.45) is 0. The largest absolute Gasteiger partial charge is 0.399 e. The Kier molecular flexibility index (Phi) is 6.15. The van der Waals surface area contributed by atoms with Crippen LogP contribution in [-0.4, -0.2) is 37.0 Å². The highest BCUT2D eigenvalue weighted by molar-refractivity contribution is 9.10. The minimum absolute atomic E-state index is 0.0878. The van der Waals surface area contributed by atoms with Crippen molar-refractivity contribution in [2.24, 2.45) is 0 Å². The van der Waals surface area contributed by atoms with Crippen LogP contribution in [0.25, 0.3) is 0 Å². The molecule has 0 aliphatic carbocycles. The molecule has 0 saturated heterocycles. The summed E-state index contributed by atoms with van der Waals surface area (Å²) in [7, 11) is 0. The molecule has 0 bridgehead atoms. The first-order chi connectivity index (χ1) is 8.56. The third-order valence-corrected chi connectivity index (χ3v) is 3.25. The average molecular weight is 314 g/mol. The zero-order valence-corrected chi connectivity index (χ0v) is 12.5. The zero-order chi connectivity index (χ0) is 13.5. The predicted molar refractivity (Wildman–Crippen MR) is 78.7 cm³/mol. The minimum Gasteiger partial charge on any atom is -0.399 e. The van der Waals surface area contributed by atoms with Gasteiger partial charge in [0.25, 0.3) is 5.91 Å². The maximum atomic E-state index is 11.9. The average Bonchev–Trinajstić information content (AvgIpc) is 2.33. The fourth-order valence-electron chi connectivity index (χ4n) is 1.71. The van der Waals surface area contributed by atoms with E-state index in [0.717, 1.165) is 24.1 Å². The highest BCUT2D eigenvalue weighted by atomic mass is 79.9. The van der Waals surface area contributed by atoms with E-state index >= 15 is 0 Å². The Labute approximate surface area is 117 Å². The number of nitrogens with two attached hydrogens (primary N) is 1. The molecule has 0 heterocycles. The van der Waals surface area contributed by atoms with E-state index in [2.05, 4.69) is 40.0 Å². The summed E-state index contributed by atoms with van der Waals surface area (Å²) < 4.78 is 0.816. The second kappa shape index (κ2) is 7.38. The van der Waals surface area contributed by atoms with Crippen LogP contribution in [0.5, 0.6) is 0 Å². The zero-order valence-electron chi connectivity index (χ0n) is 10.9. The predicted octanol–water partition coefficient (Wildman–Crippen LogP) is 2.10. The van der Waals surface area contributed by atoms with Crippen molar-refractivity contribution in [3.05, 3.63) is 28.2 Å². The molecular weight excluding hydrogens is 294 g/mol. The lowest BCUT2D eigenvalue weighted by atomic mass is 10.2. The fraction of sp³-hybridized carbons (Fsp3) is 0.462. The first-order valence-corrected chi connectivity index (χ1v) is 6.92. The summed E-state index contributed by atoms with van der Waals surface area (Å²) in [6.45, 7) is 7.72. The van der Waals surface area contributed by atoms with Gasteiger partial charge in [0.15, 0.2) is 0 Å². The number of likely N-dealkylation sites (N-methyl/N-ethyl adjacent to an activating group) is 1. The van der Waals surface area contributed by atoms with E-state index in [1.807, 2.05) is 0 Å². The van der Waals surface area contributed by atoms with Gasteiger partial charge in [0.1, 0.15) is 0 Å². The Hall–Kier alpha value is -1.07. The van der Waals surface area contributed by atoms with E-state index in [9.17, 15) is 4.79 Å². The van der Waals surface area contributed by atoms with Crippen LogP contribution in [0, 0.1) is 0 Å². The van der Waals surface area contributed by atoms with Crippen molar-refractivity contribution in [2.45, 2.75) is 13.8 Å². The molecule has 18 heavy (non-hydrogen) atoms. The lowest BCUT2D eigenvalue weighted by Gasteiger charge is -2.18. The van der Waals surface area contributed by atoms with Gasteiger partial charge in [0.2, 0.25) is 0 Å². The smallest absolute Gasteiger partial charge is 0.251 e. The number of carbonyl (C=O) groups is 1. The van der Waals surface area contributed by atoms with E-state index in [0.29, 0.717) is 17.8 Å². The number of nitrogens with one attached hydrogen (secondary N) is 1. The number of anilines is 1. The molecule has 1 aromatic rings. The summed E-state index contributed by atoms with van der Waals surface area (Å²) in [5.41, 5.74) is 6.87. The van der Waals surface area contributed by atoms with Gasteiger partial charge in [-0.05, 0) is 31.3 Å². The number of halogens is 1. The third kappa shape index (κ3) is 4.66. The van der Waals surface area contributed by atoms with Crippen molar-refractivity contribution in [3.8, 4) is 0 Å². The number of hydrogen-bond acceptors (Lipinski definition) is 3. The molecule has 0 unspecified atom stereocenters. The molecule has 0 aromatic heterocycles. The standard InChI is InChI=1S/C13H20BrN3O/c1-3-17(4-2)6-5-16-13(18)10-7-11(14)9-12(15)8-10/h7-9H,3-6,15H2,1-2H3,(H,16,18). The molecule has 1 aromatic carbocycles. The van der Waals surface area contributed by atoms with E-state index in [1.54, 1.807) is 18.2 Å². The van der Waals surface area contributed by atoms with E-state index in [-0.39, 0.29) is 5.91 Å². The van der Waals surface area contributed by atoms with Gasteiger partial charge in [-0.1, -0.05) is 29.8 Å². The number of rotatable bonds is 6. The number of hydrogen-bond donors (Lipinski definition) is 2. The maximum Gasteiger partial charge on any atom is 0.251 e. The summed E-state index contributed by atoms with van der Waals surface area (Å²) in [5.74, 6) is -0.0878. The molecule has 0 saturated carbocycles. The van der Waals surface area contributed by atoms with Crippen LogP contribution < -0.4 is 11.1 Å². The van der Waals surface area contributed by atoms with Crippen LogP contribution >= 0.6 is 15.9 Å². The molecule has 1 amide bonds. The quantitative estimate of drug-likeness (QED) is 0.791. The Bertz CT molecular complexity index is 385. The van der Waals surface area contributed by atoms with E-state index < -0.39 is 0 Å². The Balaban J connectivity index is 2.50. The molecule has 0 fully saturated rings. The van der Waals surface area contributed by atoms with Crippen LogP contribution in [0.4, 0.5) is 5.69 Å². The van der Waals surface area contributed by atoms with Gasteiger partial charge < -0.3 is 16.0 Å². The molecule has 0 radical (unpaired) electrons. The van der Waals surface area contributed by atoms with Gasteiger partial charge in [0, 0.05) is 28.8 Å². The lowest BCUT2D eigenvalue weighted by molar-refractivity contribution is 0.0949. The van der Waals surface area contributed by atoms with Crippen molar-refractivity contribution < 1.29 is 4.79 Å². The second-order valence-corrected chi connectivity index (χ2v) is 4.97. The molecule has 5 heteroatoms. The Morgan fingerprint density at radius 1 is 1.33 bits per heavy atom. The molecule has 0 aliphatic heterocycles. The SMILES string of the molecule is CCN(CC)CCNC(=O)c1cc(N)cc(Br)c1. The van der Waals surface area contributed by atoms with Crippen LogP contribution in [-0.2, 0) is 0 Å². The third-order valence-electron chi connectivity index (χ3n) is 2.79. The first kappa shape index (κ1) is 15.0. The first-order valence-electron chi connectivity index (χ1n) is 6.13. The summed E-state index contributed by atoms with van der Waals surface area (Å²) in [6, 6.07) is 5.22. The molecule has 4 nitrogen and oxygen atoms in total. The molecule has 3 N–H and O–H groups in total. The van der Waals surface area contributed by atoms with Gasteiger partial charge >= 0.3 is 0 Å². The van der Waals surface area contributed by atoms with Gasteiger partial charge in [0.05, 0.1) is 0 Å². The Morgan fingerprint density at radius 3 is 2.56 bits per heavy atom. The van der Waals surface area contributed by atoms with Crippen molar-refractivity contribution >= 4 is 27.5 Å². The number of benzene rings is 1. The number of nitrogens with zero attached hydrogens (tertiary/aromatic N) is 1. The van der Waals surface area contributed by atoms with Crippen LogP contribution in [0.15, 0.2) is 22.7 Å². The fourth-order valence-corrected chi connectivity index (χ4v) is 2.22. The van der Waals surface area contributed by atoms with Gasteiger partial charge in [-0.25, -0.2) is 0 Å². The molecule has 0 spiro atoms. The van der Waals surface area contributed by atoms with Crippen LogP contribution in [0.3, 0.4) is 0 Å². The van der Waals surface area contributed by atoms with Gasteiger partial charge in [-0.15, -0.1) is 0 Å². The van der Waals surface area contributed by atoms with Crippen molar-refractivity contribution in [1.29, 1.82) is 0 Å².